The molecular formula is C22H25N5O4S. The molecule has 4 rings (SSSR count). The van der Waals surface area contributed by atoms with Crippen LogP contribution in [-0.4, -0.2) is 25.8 Å². The first-order valence-electron chi connectivity index (χ1n) is 10.5. The molecule has 2 aromatic heterocycles. The van der Waals surface area contributed by atoms with Crippen LogP contribution >= 0.6 is 11.3 Å². The summed E-state index contributed by atoms with van der Waals surface area (Å²) in [5.74, 6) is 0.0448. The molecule has 1 aliphatic rings. The number of benzene rings is 1. The Morgan fingerprint density at radius 3 is 2.81 bits per heavy atom. The van der Waals surface area contributed by atoms with Gasteiger partial charge in [-0.15, -0.1) is 16.4 Å². The molecule has 0 aliphatic heterocycles. The predicted molar refractivity (Wildman–Crippen MR) is 123 cm³/mol. The standard InChI is InChI=1S/C22H25N5O4S/c1-12-5-7-14(27(30)31)10-16(12)23-18(28)11-26-21(29)19-15-8-6-13(22(2,3)4)9-17(15)32-20(19)24-25-26/h5,7,10,13H,6,8-9,11H2,1-4H3,(H,23,28). The van der Waals surface area contributed by atoms with Crippen LogP contribution < -0.4 is 10.9 Å². The number of carbonyl (C=O) groups excluding carboxylic acids is 1. The molecule has 32 heavy (non-hydrogen) atoms. The van der Waals surface area contributed by atoms with Crippen LogP contribution in [0.25, 0.3) is 10.2 Å². The maximum atomic E-state index is 13.1. The number of amides is 1. The van der Waals surface area contributed by atoms with E-state index >= 15 is 0 Å². The van der Waals surface area contributed by atoms with Gasteiger partial charge < -0.3 is 5.32 Å². The highest BCUT2D eigenvalue weighted by atomic mass is 32.1. The van der Waals surface area contributed by atoms with E-state index in [2.05, 4.69) is 36.4 Å². The molecule has 9 nitrogen and oxygen atoms in total. The summed E-state index contributed by atoms with van der Waals surface area (Å²) in [7, 11) is 0. The van der Waals surface area contributed by atoms with Gasteiger partial charge in [-0.2, -0.15) is 0 Å². The van der Waals surface area contributed by atoms with Crippen molar-refractivity contribution in [1.29, 1.82) is 0 Å². The number of nitro benzene ring substituents is 1. The first-order valence-corrected chi connectivity index (χ1v) is 11.3. The second-order valence-corrected chi connectivity index (χ2v) is 10.4. The molecular weight excluding hydrogens is 430 g/mol. The smallest absolute Gasteiger partial charge is 0.279 e. The highest BCUT2D eigenvalue weighted by molar-refractivity contribution is 7.18. The second kappa shape index (κ2) is 8.09. The summed E-state index contributed by atoms with van der Waals surface area (Å²) in [6.45, 7) is 8.14. The number of aryl methyl sites for hydroxylation is 2. The van der Waals surface area contributed by atoms with Gasteiger partial charge in [0.05, 0.1) is 16.0 Å². The highest BCUT2D eigenvalue weighted by Crippen LogP contribution is 2.41. The predicted octanol–water partition coefficient (Wildman–Crippen LogP) is 3.86. The summed E-state index contributed by atoms with van der Waals surface area (Å²) in [5.41, 5.74) is 1.79. The Kier molecular flexibility index (Phi) is 5.58. The Labute approximate surface area is 188 Å². The van der Waals surface area contributed by atoms with Gasteiger partial charge in [0.25, 0.3) is 11.2 Å². The summed E-state index contributed by atoms with van der Waals surface area (Å²) in [6, 6.07) is 4.23. The van der Waals surface area contributed by atoms with E-state index in [0.717, 1.165) is 29.5 Å². The lowest BCUT2D eigenvalue weighted by atomic mass is 9.72. The SMILES string of the molecule is Cc1ccc([N+](=O)[O-])cc1NC(=O)Cn1nnc2sc3c(c2c1=O)CCC(C(C)(C)C)C3. The number of carbonyl (C=O) groups is 1. The van der Waals surface area contributed by atoms with Crippen LogP contribution in [0.2, 0.25) is 0 Å². The fourth-order valence-electron chi connectivity index (χ4n) is 4.15. The van der Waals surface area contributed by atoms with Gasteiger partial charge in [0.2, 0.25) is 5.91 Å². The third-order valence-electron chi connectivity index (χ3n) is 6.16. The third-order valence-corrected chi connectivity index (χ3v) is 7.30. The number of nitro groups is 1. The lowest BCUT2D eigenvalue weighted by Crippen LogP contribution is -2.31. The van der Waals surface area contributed by atoms with E-state index in [1.54, 1.807) is 13.0 Å². The minimum absolute atomic E-state index is 0.122. The van der Waals surface area contributed by atoms with Crippen molar-refractivity contribution in [3.05, 3.63) is 54.7 Å². The van der Waals surface area contributed by atoms with E-state index in [0.29, 0.717) is 27.4 Å². The van der Waals surface area contributed by atoms with Gasteiger partial charge in [-0.3, -0.25) is 19.7 Å². The quantitative estimate of drug-likeness (QED) is 0.471. The van der Waals surface area contributed by atoms with Crippen molar-refractivity contribution in [1.82, 2.24) is 15.0 Å². The minimum Gasteiger partial charge on any atom is -0.324 e. The van der Waals surface area contributed by atoms with Gasteiger partial charge in [-0.05, 0) is 48.6 Å². The summed E-state index contributed by atoms with van der Waals surface area (Å²) in [5, 5.41) is 22.4. The van der Waals surface area contributed by atoms with Crippen molar-refractivity contribution < 1.29 is 9.72 Å². The fraction of sp³-hybridized carbons (Fsp3) is 0.455. The average molecular weight is 456 g/mol. The lowest BCUT2D eigenvalue weighted by Gasteiger charge is -2.33. The Hall–Kier alpha value is -3.14. The van der Waals surface area contributed by atoms with E-state index in [9.17, 15) is 19.7 Å². The van der Waals surface area contributed by atoms with Crippen LogP contribution in [0.3, 0.4) is 0 Å². The summed E-state index contributed by atoms with van der Waals surface area (Å²) < 4.78 is 1.06. The number of nitrogens with zero attached hydrogens (tertiary/aromatic N) is 4. The first kappa shape index (κ1) is 22.1. The Balaban J connectivity index is 1.59. The number of nitrogens with one attached hydrogen (secondary N) is 1. The van der Waals surface area contributed by atoms with Crippen LogP contribution in [0.5, 0.6) is 0 Å². The zero-order valence-electron chi connectivity index (χ0n) is 18.5. The molecule has 10 heteroatoms. The maximum Gasteiger partial charge on any atom is 0.279 e. The zero-order valence-corrected chi connectivity index (χ0v) is 19.3. The molecule has 0 saturated heterocycles. The molecule has 1 unspecified atom stereocenters. The normalized spacial score (nSPS) is 16.1. The topological polar surface area (TPSA) is 120 Å². The molecule has 0 fully saturated rings. The van der Waals surface area contributed by atoms with Crippen LogP contribution in [0.1, 0.15) is 43.2 Å². The molecule has 0 bridgehead atoms. The zero-order chi connectivity index (χ0) is 23.2. The molecule has 0 radical (unpaired) electrons. The molecule has 2 heterocycles. The number of hydrogen-bond donors (Lipinski definition) is 1. The molecule has 1 N–H and O–H groups in total. The monoisotopic (exact) mass is 455 g/mol. The number of thiophene rings is 1. The summed E-state index contributed by atoms with van der Waals surface area (Å²) in [6.07, 6.45) is 2.75. The molecule has 0 saturated carbocycles. The van der Waals surface area contributed by atoms with Crippen molar-refractivity contribution in [2.45, 2.75) is 53.5 Å². The fourth-order valence-corrected chi connectivity index (χ4v) is 5.39. The summed E-state index contributed by atoms with van der Waals surface area (Å²) in [4.78, 5) is 38.0. The molecule has 168 valence electrons. The Morgan fingerprint density at radius 2 is 2.12 bits per heavy atom. The Morgan fingerprint density at radius 1 is 1.38 bits per heavy atom. The minimum atomic E-state index is -0.525. The average Bonchev–Trinajstić information content (AvgIpc) is 3.09. The van der Waals surface area contributed by atoms with Crippen molar-refractivity contribution in [2.24, 2.45) is 11.3 Å². The van der Waals surface area contributed by atoms with Gasteiger partial charge in [-0.25, -0.2) is 4.68 Å². The van der Waals surface area contributed by atoms with Gasteiger partial charge in [0.1, 0.15) is 6.54 Å². The van der Waals surface area contributed by atoms with Crippen LogP contribution in [0.15, 0.2) is 23.0 Å². The Bertz CT molecular complexity index is 1290. The van der Waals surface area contributed by atoms with Gasteiger partial charge in [-0.1, -0.05) is 32.1 Å². The van der Waals surface area contributed by atoms with Crippen LogP contribution in [0, 0.1) is 28.4 Å². The highest BCUT2D eigenvalue weighted by Gasteiger charge is 2.32. The molecule has 0 spiro atoms. The number of rotatable bonds is 4. The van der Waals surface area contributed by atoms with Crippen LogP contribution in [0.4, 0.5) is 11.4 Å². The molecule has 1 aromatic carbocycles. The largest absolute Gasteiger partial charge is 0.324 e. The number of anilines is 1. The van der Waals surface area contributed by atoms with E-state index < -0.39 is 10.8 Å². The number of fused-ring (bicyclic) bond motifs is 3. The van der Waals surface area contributed by atoms with E-state index in [-0.39, 0.29) is 23.2 Å². The van der Waals surface area contributed by atoms with Crippen LogP contribution in [-0.2, 0) is 24.2 Å². The van der Waals surface area contributed by atoms with E-state index in [4.69, 9.17) is 0 Å². The maximum absolute atomic E-state index is 13.1. The molecule has 1 amide bonds. The summed E-state index contributed by atoms with van der Waals surface area (Å²) >= 11 is 1.52. The number of non-ortho nitro benzene ring substituents is 1. The lowest BCUT2D eigenvalue weighted by molar-refractivity contribution is -0.384. The molecule has 1 aliphatic carbocycles. The van der Waals surface area contributed by atoms with E-state index in [1.165, 1.54) is 28.3 Å². The number of aromatic nitrogens is 3. The van der Waals surface area contributed by atoms with Crippen molar-refractivity contribution in [3.63, 3.8) is 0 Å². The first-order chi connectivity index (χ1) is 15.0. The third kappa shape index (κ3) is 4.14. The second-order valence-electron chi connectivity index (χ2n) is 9.35. The van der Waals surface area contributed by atoms with Gasteiger partial charge in [0, 0.05) is 17.0 Å². The molecule has 3 aromatic rings. The van der Waals surface area contributed by atoms with Gasteiger partial charge >= 0.3 is 0 Å². The molecule has 1 atom stereocenters. The van der Waals surface area contributed by atoms with Crippen molar-refractivity contribution >= 4 is 38.8 Å². The number of hydrogen-bond acceptors (Lipinski definition) is 7. The van der Waals surface area contributed by atoms with Gasteiger partial charge in [0.15, 0.2) is 4.83 Å². The van der Waals surface area contributed by atoms with Crippen molar-refractivity contribution in [3.8, 4) is 0 Å². The van der Waals surface area contributed by atoms with E-state index in [1.807, 2.05) is 0 Å². The van der Waals surface area contributed by atoms with Crippen molar-refractivity contribution in [2.75, 3.05) is 5.32 Å².